The number of rotatable bonds is 5. The van der Waals surface area contributed by atoms with E-state index in [9.17, 15) is 9.50 Å². The number of phenolic OH excluding ortho intramolecular Hbond substituents is 1. The molecule has 0 amide bonds. The minimum Gasteiger partial charge on any atom is -0.507 e. The highest BCUT2D eigenvalue weighted by molar-refractivity contribution is 5.92. The summed E-state index contributed by atoms with van der Waals surface area (Å²) in [5, 5.41) is 11.1. The van der Waals surface area contributed by atoms with Gasteiger partial charge >= 0.3 is 6.01 Å². The van der Waals surface area contributed by atoms with Crippen molar-refractivity contribution >= 4 is 16.7 Å². The van der Waals surface area contributed by atoms with Gasteiger partial charge in [-0.1, -0.05) is 12.1 Å². The van der Waals surface area contributed by atoms with Gasteiger partial charge in [0.15, 0.2) is 5.82 Å². The Bertz CT molecular complexity index is 1370. The zero-order valence-electron chi connectivity index (χ0n) is 21.7. The summed E-state index contributed by atoms with van der Waals surface area (Å²) in [5.41, 5.74) is 0.907. The Kier molecular flexibility index (Phi) is 5.69. The van der Waals surface area contributed by atoms with Gasteiger partial charge in [0, 0.05) is 37.8 Å². The molecule has 0 spiro atoms. The molecule has 200 valence electrons. The van der Waals surface area contributed by atoms with E-state index in [-0.39, 0.29) is 35.1 Å². The summed E-state index contributed by atoms with van der Waals surface area (Å²) < 4.78 is 36.7. The van der Waals surface area contributed by atoms with Crippen molar-refractivity contribution in [3.8, 4) is 23.0 Å². The van der Waals surface area contributed by atoms with Gasteiger partial charge in [0.2, 0.25) is 0 Å². The summed E-state index contributed by atoms with van der Waals surface area (Å²) in [4.78, 5) is 18.3. The lowest BCUT2D eigenvalue weighted by Crippen LogP contribution is -2.43. The third-order valence-electron chi connectivity index (χ3n) is 9.27. The number of piperidine rings is 1. The van der Waals surface area contributed by atoms with Gasteiger partial charge in [0.25, 0.3) is 0 Å². The lowest BCUT2D eigenvalue weighted by Gasteiger charge is -2.34. The molecule has 3 aromatic rings. The molecule has 7 rings (SSSR count). The first-order valence-electron chi connectivity index (χ1n) is 13.8. The van der Waals surface area contributed by atoms with E-state index in [1.807, 2.05) is 13.0 Å². The van der Waals surface area contributed by atoms with Crippen LogP contribution in [0, 0.1) is 24.6 Å². The maximum atomic E-state index is 16.2. The molecule has 7 nitrogen and oxygen atoms in total. The molecule has 2 aromatic heterocycles. The molecule has 1 N–H and O–H groups in total. The van der Waals surface area contributed by atoms with Crippen molar-refractivity contribution in [2.75, 3.05) is 37.7 Å². The van der Waals surface area contributed by atoms with E-state index in [1.54, 1.807) is 12.3 Å². The number of ether oxygens (including phenoxy) is 1. The van der Waals surface area contributed by atoms with Gasteiger partial charge < -0.3 is 14.7 Å². The summed E-state index contributed by atoms with van der Waals surface area (Å²) in [6.45, 7) is 5.13. The quantitative estimate of drug-likeness (QED) is 0.504. The number of pyridine rings is 1. The van der Waals surface area contributed by atoms with Crippen LogP contribution in [0.4, 0.5) is 14.6 Å². The standard InChI is InChI=1S/C29H33F2N5O2/c1-17-4-2-5-22(37)23(17)26-24(31)25-21(12-32-26)27(35-13-18-6-7-19(10-18)14-35)34-28(33-25)38-16-29-8-3-9-36(29)15-20(30)11-29/h2,4-5,12,18-20,37H,3,6-11,13-16H2,1H3/t18?,19?,20-,29+/m1/s1. The number of anilines is 1. The van der Waals surface area contributed by atoms with Crippen LogP contribution in [0.3, 0.4) is 0 Å². The van der Waals surface area contributed by atoms with Gasteiger partial charge in [0.1, 0.15) is 35.6 Å². The van der Waals surface area contributed by atoms with Crippen LogP contribution in [0.25, 0.3) is 22.2 Å². The maximum absolute atomic E-state index is 16.2. The molecule has 9 heteroatoms. The second-order valence-electron chi connectivity index (χ2n) is 11.8. The second kappa shape index (κ2) is 9.00. The minimum absolute atomic E-state index is 0.0310. The number of halogens is 2. The average Bonchev–Trinajstić information content (AvgIpc) is 3.54. The Morgan fingerprint density at radius 1 is 1.16 bits per heavy atom. The number of phenols is 1. The smallest absolute Gasteiger partial charge is 0.319 e. The van der Waals surface area contributed by atoms with Crippen molar-refractivity contribution in [3.05, 3.63) is 35.8 Å². The fourth-order valence-corrected chi connectivity index (χ4v) is 7.49. The third-order valence-corrected chi connectivity index (χ3v) is 9.27. The molecule has 4 fully saturated rings. The lowest BCUT2D eigenvalue weighted by atomic mass is 9.95. The van der Waals surface area contributed by atoms with Crippen LogP contribution >= 0.6 is 0 Å². The summed E-state index contributed by atoms with van der Waals surface area (Å²) in [7, 11) is 0. The Balaban J connectivity index is 1.32. The number of fused-ring (bicyclic) bond motifs is 4. The monoisotopic (exact) mass is 521 g/mol. The van der Waals surface area contributed by atoms with Crippen LogP contribution in [0.1, 0.15) is 44.1 Å². The normalized spacial score (nSPS) is 28.8. The van der Waals surface area contributed by atoms with Gasteiger partial charge in [-0.05, 0) is 69.0 Å². The second-order valence-corrected chi connectivity index (χ2v) is 11.8. The first kappa shape index (κ1) is 24.0. The van der Waals surface area contributed by atoms with Crippen molar-refractivity contribution in [3.63, 3.8) is 0 Å². The number of aryl methyl sites for hydroxylation is 1. The first-order chi connectivity index (χ1) is 18.4. The number of hydrogen-bond acceptors (Lipinski definition) is 7. The van der Waals surface area contributed by atoms with Crippen LogP contribution in [0.15, 0.2) is 24.4 Å². The molecule has 1 saturated carbocycles. The highest BCUT2D eigenvalue weighted by atomic mass is 19.1. The van der Waals surface area contributed by atoms with Crippen LogP contribution in [0.5, 0.6) is 11.8 Å². The number of alkyl halides is 1. The van der Waals surface area contributed by atoms with E-state index >= 15 is 4.39 Å². The molecule has 1 aromatic carbocycles. The van der Waals surface area contributed by atoms with Crippen LogP contribution in [0.2, 0.25) is 0 Å². The number of nitrogens with zero attached hydrogens (tertiary/aromatic N) is 5. The zero-order valence-corrected chi connectivity index (χ0v) is 21.7. The van der Waals surface area contributed by atoms with E-state index in [0.29, 0.717) is 41.6 Å². The molecular formula is C29H33F2N5O2. The fourth-order valence-electron chi connectivity index (χ4n) is 7.49. The molecule has 4 aliphatic rings. The number of hydrogen-bond donors (Lipinski definition) is 1. The molecule has 3 aliphatic heterocycles. The molecule has 1 aliphatic carbocycles. The SMILES string of the molecule is Cc1cccc(O)c1-c1ncc2c(N3CC4CCC(C4)C3)nc(OC[C@@]34CCCN3C[C@H](F)C4)nc2c1F. The fraction of sp³-hybridized carbons (Fsp3) is 0.552. The van der Waals surface area contributed by atoms with Gasteiger partial charge in [-0.3, -0.25) is 9.88 Å². The van der Waals surface area contributed by atoms with Gasteiger partial charge in [0.05, 0.1) is 10.9 Å². The van der Waals surface area contributed by atoms with Crippen LogP contribution in [-0.4, -0.2) is 69.5 Å². The Morgan fingerprint density at radius 2 is 1.97 bits per heavy atom. The summed E-state index contributed by atoms with van der Waals surface area (Å²) >= 11 is 0. The molecule has 5 heterocycles. The maximum Gasteiger partial charge on any atom is 0.319 e. The minimum atomic E-state index is -0.858. The van der Waals surface area contributed by atoms with E-state index in [4.69, 9.17) is 9.72 Å². The molecule has 2 bridgehead atoms. The molecule has 4 atom stereocenters. The Morgan fingerprint density at radius 3 is 2.76 bits per heavy atom. The lowest BCUT2D eigenvalue weighted by molar-refractivity contribution is 0.107. The van der Waals surface area contributed by atoms with Crippen molar-refractivity contribution in [1.29, 1.82) is 0 Å². The predicted octanol–water partition coefficient (Wildman–Crippen LogP) is 5.04. The van der Waals surface area contributed by atoms with E-state index in [1.165, 1.54) is 25.3 Å². The predicted molar refractivity (Wildman–Crippen MR) is 141 cm³/mol. The highest BCUT2D eigenvalue weighted by Crippen LogP contribution is 2.43. The summed E-state index contributed by atoms with van der Waals surface area (Å²) in [6, 6.07) is 5.18. The summed E-state index contributed by atoms with van der Waals surface area (Å²) in [6.07, 6.45) is 6.74. The van der Waals surface area contributed by atoms with Crippen molar-refractivity contribution < 1.29 is 18.6 Å². The number of aromatic nitrogens is 3. The topological polar surface area (TPSA) is 74.6 Å². The Labute approximate surface area is 220 Å². The van der Waals surface area contributed by atoms with E-state index in [0.717, 1.165) is 38.0 Å². The molecule has 2 unspecified atom stereocenters. The largest absolute Gasteiger partial charge is 0.507 e. The number of aromatic hydroxyl groups is 1. The van der Waals surface area contributed by atoms with Crippen molar-refractivity contribution in [2.45, 2.75) is 57.2 Å². The molecular weight excluding hydrogens is 488 g/mol. The third kappa shape index (κ3) is 3.89. The Hall–Kier alpha value is -3.07. The average molecular weight is 522 g/mol. The van der Waals surface area contributed by atoms with Gasteiger partial charge in [-0.15, -0.1) is 0 Å². The van der Waals surface area contributed by atoms with Crippen LogP contribution < -0.4 is 9.64 Å². The summed E-state index contributed by atoms with van der Waals surface area (Å²) in [5.74, 6) is 1.22. The molecule has 3 saturated heterocycles. The van der Waals surface area contributed by atoms with Gasteiger partial charge in [-0.25, -0.2) is 8.78 Å². The number of benzene rings is 1. The van der Waals surface area contributed by atoms with Crippen molar-refractivity contribution in [2.24, 2.45) is 11.8 Å². The van der Waals surface area contributed by atoms with Crippen molar-refractivity contribution in [1.82, 2.24) is 19.9 Å². The zero-order chi connectivity index (χ0) is 26.0. The van der Waals surface area contributed by atoms with E-state index in [2.05, 4.69) is 19.8 Å². The highest BCUT2D eigenvalue weighted by Gasteiger charge is 2.49. The molecule has 38 heavy (non-hydrogen) atoms. The van der Waals surface area contributed by atoms with E-state index < -0.39 is 12.0 Å². The first-order valence-corrected chi connectivity index (χ1v) is 13.8. The van der Waals surface area contributed by atoms with Crippen LogP contribution in [-0.2, 0) is 0 Å². The molecule has 0 radical (unpaired) electrons. The van der Waals surface area contributed by atoms with Gasteiger partial charge in [-0.2, -0.15) is 9.97 Å².